The molecule has 0 aliphatic heterocycles. The summed E-state index contributed by atoms with van der Waals surface area (Å²) in [6.07, 6.45) is -1.15. The van der Waals surface area contributed by atoms with Crippen molar-refractivity contribution in [2.75, 3.05) is 38.0 Å². The summed E-state index contributed by atoms with van der Waals surface area (Å²) in [7, 11) is 11.9. The van der Waals surface area contributed by atoms with Gasteiger partial charge in [0, 0.05) is 79.2 Å². The monoisotopic (exact) mass is 815 g/mol. The highest BCUT2D eigenvalue weighted by atomic mass is 79.9. The first kappa shape index (κ1) is 38.2. The van der Waals surface area contributed by atoms with Crippen LogP contribution in [-0.4, -0.2) is 69.4 Å². The molecule has 53 heavy (non-hydrogen) atoms. The second kappa shape index (κ2) is 14.7. The van der Waals surface area contributed by atoms with Crippen LogP contribution in [0.4, 0.5) is 11.6 Å². The van der Waals surface area contributed by atoms with Crippen molar-refractivity contribution < 1.29 is 14.6 Å². The van der Waals surface area contributed by atoms with Gasteiger partial charge in [0.25, 0.3) is 0 Å². The van der Waals surface area contributed by atoms with E-state index < -0.39 is 17.7 Å². The molecule has 0 spiro atoms. The molecule has 1 atom stereocenters. The Kier molecular flexibility index (Phi) is 10.6. The molecule has 0 aliphatic rings. The van der Waals surface area contributed by atoms with Crippen molar-refractivity contribution in [3.8, 4) is 21.7 Å². The van der Waals surface area contributed by atoms with Gasteiger partial charge in [-0.3, -0.25) is 9.36 Å². The van der Waals surface area contributed by atoms with Gasteiger partial charge in [0.2, 0.25) is 0 Å². The third-order valence-corrected chi connectivity index (χ3v) is 10.6. The quantitative estimate of drug-likeness (QED) is 0.170. The topological polar surface area (TPSA) is 102 Å². The van der Waals surface area contributed by atoms with Crippen molar-refractivity contribution in [3.05, 3.63) is 87.4 Å². The minimum absolute atomic E-state index is 0.608. The number of aliphatic carboxylic acids is 1. The lowest BCUT2D eigenvalue weighted by Gasteiger charge is -2.28. The number of halogens is 2. The van der Waals surface area contributed by atoms with Gasteiger partial charge in [-0.05, 0) is 87.4 Å². The molecule has 10 nitrogen and oxygen atoms in total. The number of hydrogen-bond acceptors (Lipinski definition) is 8. The van der Waals surface area contributed by atoms with E-state index in [1.165, 1.54) is 5.39 Å². The number of carboxylic acid groups (broad SMARTS) is 1. The van der Waals surface area contributed by atoms with E-state index in [0.717, 1.165) is 70.0 Å². The van der Waals surface area contributed by atoms with Gasteiger partial charge in [-0.2, -0.15) is 10.2 Å². The predicted octanol–water partition coefficient (Wildman–Crippen LogP) is 9.89. The van der Waals surface area contributed by atoms with Crippen LogP contribution < -0.4 is 9.80 Å². The number of nitrogens with zero attached hydrogens (tertiary/aromatic N) is 7. The Morgan fingerprint density at radius 2 is 1.42 bits per heavy atom. The molecular formula is C40H43BrClN7O3S. The number of benzene rings is 4. The molecule has 7 aromatic rings. The van der Waals surface area contributed by atoms with Gasteiger partial charge in [0.15, 0.2) is 17.7 Å². The molecule has 0 aliphatic carbocycles. The number of anilines is 2. The van der Waals surface area contributed by atoms with Crippen LogP contribution in [0.15, 0.2) is 71.2 Å². The fourth-order valence-electron chi connectivity index (χ4n) is 6.41. The zero-order valence-electron chi connectivity index (χ0n) is 31.5. The average molecular weight is 817 g/mol. The molecule has 0 saturated carbocycles. The number of carbonyl (C=O) groups is 1. The van der Waals surface area contributed by atoms with E-state index >= 15 is 0 Å². The van der Waals surface area contributed by atoms with Crippen molar-refractivity contribution in [3.63, 3.8) is 0 Å². The Hall–Kier alpha value is -4.49. The molecule has 0 bridgehead atoms. The maximum Gasteiger partial charge on any atom is 0.337 e. The number of thiazole rings is 1. The highest BCUT2D eigenvalue weighted by Crippen LogP contribution is 2.45. The number of hydrogen-bond donors (Lipinski definition) is 1. The summed E-state index contributed by atoms with van der Waals surface area (Å²) in [5.74, 6) is 0.882. The minimum atomic E-state index is -1.15. The summed E-state index contributed by atoms with van der Waals surface area (Å²) in [5.41, 5.74) is 6.36. The first-order valence-corrected chi connectivity index (χ1v) is 19.0. The van der Waals surface area contributed by atoms with E-state index in [0.29, 0.717) is 10.6 Å². The number of rotatable bonds is 7. The van der Waals surface area contributed by atoms with Gasteiger partial charge in [-0.15, -0.1) is 11.3 Å². The van der Waals surface area contributed by atoms with E-state index in [2.05, 4.69) is 56.5 Å². The molecule has 7 rings (SSSR count). The fraction of sp³-hybridized carbons (Fsp3) is 0.300. The van der Waals surface area contributed by atoms with Crippen LogP contribution in [0.1, 0.15) is 38.0 Å². The second-order valence-corrected chi connectivity index (χ2v) is 16.7. The molecule has 3 aromatic heterocycles. The smallest absolute Gasteiger partial charge is 0.337 e. The SMILES string of the molecule is CN(C)c1nn(C)c2cc(Br)ccc12.Cc1cc2nc(-c3ccc4c(N(C)C)nn(C)c4c3)sc2c(-c2ccc(Cl)cc2)c1[C@H](OC(C)(C)C)C(=O)O. The molecule has 276 valence electrons. The molecule has 0 radical (unpaired) electrons. The van der Waals surface area contributed by atoms with Crippen molar-refractivity contribution in [1.82, 2.24) is 24.5 Å². The molecule has 0 fully saturated rings. The molecule has 0 amide bonds. The Balaban J connectivity index is 0.000000286. The maximum absolute atomic E-state index is 12.6. The second-order valence-electron chi connectivity index (χ2n) is 14.4. The Morgan fingerprint density at radius 3 is 1.96 bits per heavy atom. The van der Waals surface area contributed by atoms with Crippen LogP contribution in [0.25, 0.3) is 53.7 Å². The number of ether oxygens (including phenoxy) is 1. The van der Waals surface area contributed by atoms with Crippen LogP contribution in [0, 0.1) is 6.92 Å². The summed E-state index contributed by atoms with van der Waals surface area (Å²) >= 11 is 11.2. The largest absolute Gasteiger partial charge is 0.479 e. The Bertz CT molecular complexity index is 2480. The van der Waals surface area contributed by atoms with Crippen LogP contribution in [0.5, 0.6) is 0 Å². The molecule has 0 unspecified atom stereocenters. The van der Waals surface area contributed by atoms with E-state index in [1.807, 2.05) is 126 Å². The van der Waals surface area contributed by atoms with E-state index in [-0.39, 0.29) is 0 Å². The van der Waals surface area contributed by atoms with E-state index in [9.17, 15) is 9.90 Å². The molecular weight excluding hydrogens is 774 g/mol. The van der Waals surface area contributed by atoms with Gasteiger partial charge in [0.05, 0.1) is 26.9 Å². The number of carboxylic acids is 1. The summed E-state index contributed by atoms with van der Waals surface area (Å²) in [4.78, 5) is 21.6. The van der Waals surface area contributed by atoms with Crippen LogP contribution in [0.2, 0.25) is 5.02 Å². The average Bonchev–Trinajstić information content (AvgIpc) is 3.76. The van der Waals surface area contributed by atoms with Crippen LogP contribution >= 0.6 is 38.9 Å². The van der Waals surface area contributed by atoms with Gasteiger partial charge in [0.1, 0.15) is 5.01 Å². The normalized spacial score (nSPS) is 12.3. The highest BCUT2D eigenvalue weighted by molar-refractivity contribution is 9.10. The van der Waals surface area contributed by atoms with E-state index in [1.54, 1.807) is 11.3 Å². The Labute approximate surface area is 326 Å². The van der Waals surface area contributed by atoms with E-state index in [4.69, 9.17) is 21.3 Å². The maximum atomic E-state index is 12.6. The lowest BCUT2D eigenvalue weighted by molar-refractivity contribution is -0.160. The number of aromatic nitrogens is 5. The van der Waals surface area contributed by atoms with Crippen LogP contribution in [-0.2, 0) is 23.6 Å². The van der Waals surface area contributed by atoms with Gasteiger partial charge in [-0.25, -0.2) is 9.78 Å². The first-order valence-electron chi connectivity index (χ1n) is 17.0. The van der Waals surface area contributed by atoms with Crippen molar-refractivity contribution in [2.45, 2.75) is 39.4 Å². The predicted molar refractivity (Wildman–Crippen MR) is 223 cm³/mol. The fourth-order valence-corrected chi connectivity index (χ4v) is 8.00. The number of fused-ring (bicyclic) bond motifs is 3. The standard InChI is InChI=1S/C30H31ClN4O3S.C10H12BrN3/c1-16-14-21-26(39-28(32-21)18-10-13-20-22(15-18)35(7)33-27(20)34(5)6)24(17-8-11-19(31)12-9-17)23(16)25(29(36)37)38-30(2,3)4;1-13(2)10-8-5-4-7(11)6-9(8)14(3)12-10/h8-15,25H,1-7H3,(H,36,37);4-6H,1-3H3/t25-;/m0./s1. The van der Waals surface area contributed by atoms with Crippen molar-refractivity contribution >= 4 is 88.5 Å². The summed E-state index contributed by atoms with van der Waals surface area (Å²) in [6.45, 7) is 7.50. The molecule has 3 heterocycles. The lowest BCUT2D eigenvalue weighted by atomic mass is 9.91. The zero-order valence-corrected chi connectivity index (χ0v) is 34.6. The molecule has 0 saturated heterocycles. The van der Waals surface area contributed by atoms with Gasteiger partial charge < -0.3 is 19.6 Å². The third kappa shape index (κ3) is 7.77. The summed E-state index contributed by atoms with van der Waals surface area (Å²) in [5, 5.41) is 23.1. The summed E-state index contributed by atoms with van der Waals surface area (Å²) in [6, 6.07) is 21.9. The van der Waals surface area contributed by atoms with Crippen LogP contribution in [0.3, 0.4) is 0 Å². The lowest BCUT2D eigenvalue weighted by Crippen LogP contribution is -2.28. The zero-order chi connectivity index (χ0) is 38.5. The molecule has 13 heteroatoms. The Morgan fingerprint density at radius 1 is 0.868 bits per heavy atom. The highest BCUT2D eigenvalue weighted by Gasteiger charge is 2.32. The van der Waals surface area contributed by atoms with Gasteiger partial charge >= 0.3 is 5.97 Å². The molecule has 4 aromatic carbocycles. The van der Waals surface area contributed by atoms with Crippen molar-refractivity contribution in [2.24, 2.45) is 14.1 Å². The third-order valence-electron chi connectivity index (χ3n) is 8.74. The first-order chi connectivity index (χ1) is 24.9. The minimum Gasteiger partial charge on any atom is -0.479 e. The van der Waals surface area contributed by atoms with Crippen molar-refractivity contribution in [1.29, 1.82) is 0 Å². The number of aryl methyl sites for hydroxylation is 3. The molecule has 1 N–H and O–H groups in total. The van der Waals surface area contributed by atoms with Gasteiger partial charge in [-0.1, -0.05) is 45.7 Å². The summed E-state index contributed by atoms with van der Waals surface area (Å²) < 4.78 is 11.9.